The number of ether oxygens (including phenoxy) is 1. The van der Waals surface area contributed by atoms with Gasteiger partial charge in [-0.05, 0) is 29.8 Å². The number of nitrogens with one attached hydrogen (secondary N) is 1. The number of methoxy groups -OCH3 is 1. The van der Waals surface area contributed by atoms with Gasteiger partial charge in [0.05, 0.1) is 12.7 Å². The Bertz CT molecular complexity index is 641. The maximum atomic E-state index is 12.1. The number of carbonyl (C=O) groups excluding carboxylic acids is 2. The molecule has 0 aliphatic rings. The number of aromatic nitrogens is 1. The molecule has 0 spiro atoms. The van der Waals surface area contributed by atoms with E-state index >= 15 is 0 Å². The number of primary amides is 1. The van der Waals surface area contributed by atoms with Crippen molar-refractivity contribution in [3.63, 3.8) is 0 Å². The molecule has 0 saturated heterocycles. The Morgan fingerprint density at radius 1 is 1.27 bits per heavy atom. The summed E-state index contributed by atoms with van der Waals surface area (Å²) in [5.74, 6) is -0.253. The van der Waals surface area contributed by atoms with Crippen molar-refractivity contribution in [1.82, 2.24) is 10.3 Å². The molecule has 2 rings (SSSR count). The largest absolute Gasteiger partial charge is 0.497 e. The number of benzene rings is 1. The maximum Gasteiger partial charge on any atom is 0.253 e. The fourth-order valence-electron chi connectivity index (χ4n) is 1.96. The highest BCUT2D eigenvalue weighted by molar-refractivity contribution is 5.97. The molecule has 0 bridgehead atoms. The van der Waals surface area contributed by atoms with Gasteiger partial charge in [0.2, 0.25) is 5.91 Å². The van der Waals surface area contributed by atoms with Gasteiger partial charge in [-0.15, -0.1) is 0 Å². The Labute approximate surface area is 128 Å². The molecular weight excluding hydrogens is 282 g/mol. The molecule has 0 saturated carbocycles. The molecule has 0 unspecified atom stereocenters. The summed E-state index contributed by atoms with van der Waals surface area (Å²) in [7, 11) is 1.58. The average Bonchev–Trinajstić information content (AvgIpc) is 2.55. The minimum Gasteiger partial charge on any atom is -0.497 e. The Kier molecular flexibility index (Phi) is 5.08. The van der Waals surface area contributed by atoms with Gasteiger partial charge in [0.1, 0.15) is 11.8 Å². The van der Waals surface area contributed by atoms with Crippen molar-refractivity contribution in [3.05, 3.63) is 59.9 Å². The lowest BCUT2D eigenvalue weighted by atomic mass is 10.0. The van der Waals surface area contributed by atoms with Gasteiger partial charge in [-0.3, -0.25) is 14.6 Å². The minimum absolute atomic E-state index is 0.311. The zero-order valence-corrected chi connectivity index (χ0v) is 12.2. The molecule has 1 aromatic heterocycles. The topological polar surface area (TPSA) is 94.3 Å². The van der Waals surface area contributed by atoms with E-state index in [1.54, 1.807) is 37.6 Å². The molecule has 0 aliphatic heterocycles. The van der Waals surface area contributed by atoms with Crippen molar-refractivity contribution >= 4 is 11.8 Å². The molecule has 114 valence electrons. The van der Waals surface area contributed by atoms with Crippen LogP contribution in [0.2, 0.25) is 0 Å². The number of nitrogens with zero attached hydrogens (tertiary/aromatic N) is 1. The van der Waals surface area contributed by atoms with Crippen LogP contribution in [-0.2, 0) is 11.2 Å². The van der Waals surface area contributed by atoms with Crippen LogP contribution in [0.3, 0.4) is 0 Å². The van der Waals surface area contributed by atoms with Crippen LogP contribution in [0.4, 0.5) is 0 Å². The van der Waals surface area contributed by atoms with E-state index < -0.39 is 11.9 Å². The van der Waals surface area contributed by atoms with Crippen LogP contribution in [0, 0.1) is 0 Å². The van der Waals surface area contributed by atoms with Crippen molar-refractivity contribution in [2.24, 2.45) is 5.73 Å². The quantitative estimate of drug-likeness (QED) is 0.829. The molecular formula is C16H17N3O3. The van der Waals surface area contributed by atoms with Crippen molar-refractivity contribution in [2.75, 3.05) is 7.11 Å². The number of amides is 2. The van der Waals surface area contributed by atoms with Gasteiger partial charge in [-0.2, -0.15) is 0 Å². The molecule has 1 aromatic carbocycles. The molecule has 0 fully saturated rings. The Morgan fingerprint density at radius 2 is 2.00 bits per heavy atom. The SMILES string of the molecule is COc1ccc(C[C@H](NC(=O)c2cccnc2)C(N)=O)cc1. The second-order valence-electron chi connectivity index (χ2n) is 4.72. The standard InChI is InChI=1S/C16H17N3O3/c1-22-13-6-4-11(5-7-13)9-14(15(17)20)19-16(21)12-3-2-8-18-10-12/h2-8,10,14H,9H2,1H3,(H2,17,20)(H,19,21)/t14-/m0/s1. The Hall–Kier alpha value is -2.89. The first-order valence-electron chi connectivity index (χ1n) is 6.73. The monoisotopic (exact) mass is 299 g/mol. The van der Waals surface area contributed by atoms with E-state index in [2.05, 4.69) is 10.3 Å². The van der Waals surface area contributed by atoms with Crippen molar-refractivity contribution in [2.45, 2.75) is 12.5 Å². The summed E-state index contributed by atoms with van der Waals surface area (Å²) < 4.78 is 5.08. The van der Waals surface area contributed by atoms with Crippen molar-refractivity contribution in [3.8, 4) is 5.75 Å². The van der Waals surface area contributed by atoms with Crippen LogP contribution in [-0.4, -0.2) is 29.9 Å². The molecule has 6 heteroatoms. The van der Waals surface area contributed by atoms with Crippen LogP contribution < -0.4 is 15.8 Å². The Morgan fingerprint density at radius 3 is 2.55 bits per heavy atom. The summed E-state index contributed by atoms with van der Waals surface area (Å²) in [6, 6.07) is 9.70. The van der Waals surface area contributed by atoms with Gasteiger partial charge in [0.15, 0.2) is 0 Å². The second-order valence-corrected chi connectivity index (χ2v) is 4.72. The number of rotatable bonds is 6. The van der Waals surface area contributed by atoms with E-state index in [4.69, 9.17) is 10.5 Å². The molecule has 1 heterocycles. The summed E-state index contributed by atoms with van der Waals surface area (Å²) in [5, 5.41) is 2.63. The third-order valence-electron chi connectivity index (χ3n) is 3.17. The highest BCUT2D eigenvalue weighted by Gasteiger charge is 2.19. The number of carbonyl (C=O) groups is 2. The first-order chi connectivity index (χ1) is 10.6. The van der Waals surface area contributed by atoms with Gasteiger partial charge in [-0.1, -0.05) is 12.1 Å². The maximum absolute atomic E-state index is 12.1. The lowest BCUT2D eigenvalue weighted by Crippen LogP contribution is -2.45. The molecule has 22 heavy (non-hydrogen) atoms. The van der Waals surface area contributed by atoms with Crippen LogP contribution in [0.15, 0.2) is 48.8 Å². The van der Waals surface area contributed by atoms with Crippen LogP contribution in [0.1, 0.15) is 15.9 Å². The van der Waals surface area contributed by atoms with E-state index in [9.17, 15) is 9.59 Å². The van der Waals surface area contributed by atoms with E-state index in [0.717, 1.165) is 11.3 Å². The summed E-state index contributed by atoms with van der Waals surface area (Å²) in [6.07, 6.45) is 3.31. The highest BCUT2D eigenvalue weighted by atomic mass is 16.5. The molecule has 6 nitrogen and oxygen atoms in total. The zero-order chi connectivity index (χ0) is 15.9. The summed E-state index contributed by atoms with van der Waals surface area (Å²) in [6.45, 7) is 0. The van der Waals surface area contributed by atoms with Crippen LogP contribution in [0.5, 0.6) is 5.75 Å². The molecule has 3 N–H and O–H groups in total. The number of hydrogen-bond acceptors (Lipinski definition) is 4. The molecule has 0 aliphatic carbocycles. The fraction of sp³-hybridized carbons (Fsp3) is 0.188. The zero-order valence-electron chi connectivity index (χ0n) is 12.2. The van der Waals surface area contributed by atoms with Gasteiger partial charge in [0, 0.05) is 18.8 Å². The van der Waals surface area contributed by atoms with Gasteiger partial charge in [0.25, 0.3) is 5.91 Å². The average molecular weight is 299 g/mol. The molecule has 0 radical (unpaired) electrons. The van der Waals surface area contributed by atoms with Crippen molar-refractivity contribution in [1.29, 1.82) is 0 Å². The predicted octanol–water partition coefficient (Wildman–Crippen LogP) is 0.917. The first-order valence-corrected chi connectivity index (χ1v) is 6.73. The summed E-state index contributed by atoms with van der Waals surface area (Å²) >= 11 is 0. The second kappa shape index (κ2) is 7.21. The van der Waals surface area contributed by atoms with E-state index in [0.29, 0.717) is 12.0 Å². The van der Waals surface area contributed by atoms with Gasteiger partial charge < -0.3 is 15.8 Å². The Balaban J connectivity index is 2.06. The number of pyridine rings is 1. The third kappa shape index (κ3) is 4.05. The summed E-state index contributed by atoms with van der Waals surface area (Å²) in [4.78, 5) is 27.5. The molecule has 1 atom stereocenters. The predicted molar refractivity (Wildman–Crippen MR) is 81.4 cm³/mol. The molecule has 2 aromatic rings. The summed E-state index contributed by atoms with van der Waals surface area (Å²) in [5.41, 5.74) is 6.62. The van der Waals surface area contributed by atoms with E-state index in [1.165, 1.54) is 6.20 Å². The third-order valence-corrected chi connectivity index (χ3v) is 3.17. The lowest BCUT2D eigenvalue weighted by molar-refractivity contribution is -0.119. The van der Waals surface area contributed by atoms with Gasteiger partial charge in [-0.25, -0.2) is 0 Å². The lowest BCUT2D eigenvalue weighted by Gasteiger charge is -2.15. The smallest absolute Gasteiger partial charge is 0.253 e. The van der Waals surface area contributed by atoms with Crippen molar-refractivity contribution < 1.29 is 14.3 Å². The van der Waals surface area contributed by atoms with E-state index in [1.807, 2.05) is 12.1 Å². The number of hydrogen-bond donors (Lipinski definition) is 2. The fourth-order valence-corrected chi connectivity index (χ4v) is 1.96. The van der Waals surface area contributed by atoms with Crippen LogP contribution >= 0.6 is 0 Å². The first kappa shape index (κ1) is 15.5. The van der Waals surface area contributed by atoms with Crippen LogP contribution in [0.25, 0.3) is 0 Å². The van der Waals surface area contributed by atoms with E-state index in [-0.39, 0.29) is 5.91 Å². The minimum atomic E-state index is -0.791. The highest BCUT2D eigenvalue weighted by Crippen LogP contribution is 2.13. The van der Waals surface area contributed by atoms with Gasteiger partial charge >= 0.3 is 0 Å². The normalized spacial score (nSPS) is 11.5. The number of nitrogens with two attached hydrogens (primary N) is 1. The molecule has 2 amide bonds.